The number of anilines is 1. The summed E-state index contributed by atoms with van der Waals surface area (Å²) in [6.07, 6.45) is -0.714. The largest absolute Gasteiger partial charge is 0.481 e. The highest BCUT2D eigenvalue weighted by atomic mass is 16.5. The number of carbonyl (C=O) groups excluding carboxylic acids is 3. The summed E-state index contributed by atoms with van der Waals surface area (Å²) in [5.74, 6) is -0.748. The second kappa shape index (κ2) is 9.22. The molecule has 0 saturated carbocycles. The Morgan fingerprint density at radius 1 is 1.04 bits per heavy atom. The second-order valence-corrected chi connectivity index (χ2v) is 5.40. The fraction of sp³-hybridized carbons (Fsp3) is 0.211. The van der Waals surface area contributed by atoms with Crippen molar-refractivity contribution in [2.75, 3.05) is 19.0 Å². The monoisotopic (exact) mass is 356 g/mol. The van der Waals surface area contributed by atoms with Gasteiger partial charge >= 0.3 is 5.97 Å². The van der Waals surface area contributed by atoms with E-state index in [9.17, 15) is 14.4 Å². The van der Waals surface area contributed by atoms with E-state index in [1.807, 2.05) is 18.2 Å². The molecule has 136 valence electrons. The van der Waals surface area contributed by atoms with Crippen LogP contribution >= 0.6 is 0 Å². The molecule has 0 saturated heterocycles. The third-order valence-electron chi connectivity index (χ3n) is 3.44. The molecule has 2 N–H and O–H groups in total. The number of methoxy groups -OCH3 is 1. The van der Waals surface area contributed by atoms with Gasteiger partial charge < -0.3 is 20.1 Å². The molecule has 2 amide bonds. The van der Waals surface area contributed by atoms with Gasteiger partial charge in [-0.15, -0.1) is 0 Å². The van der Waals surface area contributed by atoms with Gasteiger partial charge in [0.2, 0.25) is 0 Å². The zero-order valence-corrected chi connectivity index (χ0v) is 14.5. The molecule has 0 aromatic heterocycles. The van der Waals surface area contributed by atoms with Crippen molar-refractivity contribution >= 4 is 23.5 Å². The third kappa shape index (κ3) is 5.62. The molecule has 0 unspecified atom stereocenters. The Bertz CT molecular complexity index is 777. The molecule has 0 bridgehead atoms. The summed E-state index contributed by atoms with van der Waals surface area (Å²) in [6.45, 7) is 1.41. The van der Waals surface area contributed by atoms with Gasteiger partial charge in [0.15, 0.2) is 6.10 Å². The van der Waals surface area contributed by atoms with E-state index in [0.29, 0.717) is 17.0 Å². The summed E-state index contributed by atoms with van der Waals surface area (Å²) in [5, 5.41) is 5.13. The molecule has 0 spiro atoms. The summed E-state index contributed by atoms with van der Waals surface area (Å²) in [6, 6.07) is 15.4. The minimum Gasteiger partial charge on any atom is -0.481 e. The van der Waals surface area contributed by atoms with Gasteiger partial charge in [-0.05, 0) is 37.3 Å². The first-order valence-electron chi connectivity index (χ1n) is 7.97. The number of rotatable bonds is 7. The Kier molecular flexibility index (Phi) is 6.73. The maximum atomic E-state index is 12.3. The number of carbonyl (C=O) groups is 3. The van der Waals surface area contributed by atoms with Crippen LogP contribution in [0.4, 0.5) is 5.69 Å². The standard InChI is InChI=1S/C19H20N2O5/c1-13(26-16-9-4-3-5-10-16)18(23)21-15-8-6-7-14(11-15)19(24)20-12-17(22)25-2/h3-11,13H,12H2,1-2H3,(H,20,24)(H,21,23)/t13-/m0/s1. The van der Waals surface area contributed by atoms with E-state index in [-0.39, 0.29) is 12.5 Å². The van der Waals surface area contributed by atoms with Gasteiger partial charge in [-0.1, -0.05) is 24.3 Å². The van der Waals surface area contributed by atoms with E-state index in [2.05, 4.69) is 15.4 Å². The predicted molar refractivity (Wildman–Crippen MR) is 96.0 cm³/mol. The van der Waals surface area contributed by atoms with Gasteiger partial charge in [0.25, 0.3) is 11.8 Å². The van der Waals surface area contributed by atoms with E-state index >= 15 is 0 Å². The summed E-state index contributed by atoms with van der Waals surface area (Å²) in [4.78, 5) is 35.4. The molecule has 0 radical (unpaired) electrons. The molecule has 7 heteroatoms. The first-order valence-corrected chi connectivity index (χ1v) is 7.97. The summed E-state index contributed by atoms with van der Waals surface area (Å²) >= 11 is 0. The molecule has 2 rings (SSSR count). The first-order chi connectivity index (χ1) is 12.5. The number of hydrogen-bond acceptors (Lipinski definition) is 5. The summed E-state index contributed by atoms with van der Waals surface area (Å²) in [5.41, 5.74) is 0.757. The Hall–Kier alpha value is -3.35. The van der Waals surface area contributed by atoms with Gasteiger partial charge in [0, 0.05) is 11.3 Å². The van der Waals surface area contributed by atoms with Crippen LogP contribution in [-0.2, 0) is 14.3 Å². The molecule has 0 aliphatic carbocycles. The number of amides is 2. The zero-order chi connectivity index (χ0) is 18.9. The number of ether oxygens (including phenoxy) is 2. The lowest BCUT2D eigenvalue weighted by atomic mass is 10.2. The van der Waals surface area contributed by atoms with Crippen molar-refractivity contribution in [3.8, 4) is 5.75 Å². The van der Waals surface area contributed by atoms with Gasteiger partial charge in [0.05, 0.1) is 7.11 Å². The van der Waals surface area contributed by atoms with Crippen LogP contribution in [0.2, 0.25) is 0 Å². The van der Waals surface area contributed by atoms with Crippen LogP contribution in [0.25, 0.3) is 0 Å². The summed E-state index contributed by atoms with van der Waals surface area (Å²) < 4.78 is 10.0. The van der Waals surface area contributed by atoms with E-state index < -0.39 is 18.0 Å². The highest BCUT2D eigenvalue weighted by Gasteiger charge is 2.16. The van der Waals surface area contributed by atoms with E-state index in [0.717, 1.165) is 0 Å². The van der Waals surface area contributed by atoms with Crippen molar-refractivity contribution in [3.63, 3.8) is 0 Å². The van der Waals surface area contributed by atoms with Crippen molar-refractivity contribution < 1.29 is 23.9 Å². The van der Waals surface area contributed by atoms with E-state index in [4.69, 9.17) is 4.74 Å². The van der Waals surface area contributed by atoms with Crippen LogP contribution in [0.15, 0.2) is 54.6 Å². The molecule has 2 aromatic carbocycles. The maximum Gasteiger partial charge on any atom is 0.325 e. The van der Waals surface area contributed by atoms with Crippen LogP contribution in [-0.4, -0.2) is 37.5 Å². The van der Waals surface area contributed by atoms with Crippen LogP contribution in [0.1, 0.15) is 17.3 Å². The van der Waals surface area contributed by atoms with Gasteiger partial charge in [-0.25, -0.2) is 0 Å². The lowest BCUT2D eigenvalue weighted by molar-refractivity contribution is -0.139. The van der Waals surface area contributed by atoms with Crippen LogP contribution in [0.3, 0.4) is 0 Å². The highest BCUT2D eigenvalue weighted by Crippen LogP contribution is 2.14. The molecular weight excluding hydrogens is 336 g/mol. The molecule has 0 aliphatic heterocycles. The number of para-hydroxylation sites is 1. The Morgan fingerprint density at radius 3 is 2.46 bits per heavy atom. The molecule has 0 fully saturated rings. The van der Waals surface area contributed by atoms with Gasteiger partial charge in [0.1, 0.15) is 12.3 Å². The molecular formula is C19H20N2O5. The maximum absolute atomic E-state index is 12.3. The quantitative estimate of drug-likeness (QED) is 0.740. The zero-order valence-electron chi connectivity index (χ0n) is 14.5. The molecule has 26 heavy (non-hydrogen) atoms. The lowest BCUT2D eigenvalue weighted by Gasteiger charge is -2.15. The Balaban J connectivity index is 1.95. The topological polar surface area (TPSA) is 93.7 Å². The Morgan fingerprint density at radius 2 is 1.77 bits per heavy atom. The Labute approximate surface area is 151 Å². The number of esters is 1. The predicted octanol–water partition coefficient (Wildman–Crippen LogP) is 2.00. The minimum atomic E-state index is -0.714. The van der Waals surface area contributed by atoms with Crippen LogP contribution < -0.4 is 15.4 Å². The van der Waals surface area contributed by atoms with E-state index in [1.54, 1.807) is 37.3 Å². The summed E-state index contributed by atoms with van der Waals surface area (Å²) in [7, 11) is 1.24. The normalized spacial score (nSPS) is 11.2. The van der Waals surface area contributed by atoms with Crippen molar-refractivity contribution in [2.24, 2.45) is 0 Å². The number of benzene rings is 2. The average Bonchev–Trinajstić information content (AvgIpc) is 2.66. The van der Waals surface area contributed by atoms with Crippen molar-refractivity contribution in [1.82, 2.24) is 5.32 Å². The second-order valence-electron chi connectivity index (χ2n) is 5.40. The van der Waals surface area contributed by atoms with E-state index in [1.165, 1.54) is 13.2 Å². The van der Waals surface area contributed by atoms with Gasteiger partial charge in [-0.2, -0.15) is 0 Å². The first kappa shape index (κ1) is 19.0. The fourth-order valence-electron chi connectivity index (χ4n) is 2.07. The lowest BCUT2D eigenvalue weighted by Crippen LogP contribution is -2.31. The molecule has 1 atom stereocenters. The van der Waals surface area contributed by atoms with Gasteiger partial charge in [-0.3, -0.25) is 14.4 Å². The molecule has 0 aliphatic rings. The van der Waals surface area contributed by atoms with Crippen LogP contribution in [0.5, 0.6) is 5.75 Å². The molecule has 7 nitrogen and oxygen atoms in total. The van der Waals surface area contributed by atoms with Crippen LogP contribution in [0, 0.1) is 0 Å². The third-order valence-corrected chi connectivity index (χ3v) is 3.44. The number of nitrogens with one attached hydrogen (secondary N) is 2. The van der Waals surface area contributed by atoms with Crippen molar-refractivity contribution in [2.45, 2.75) is 13.0 Å². The SMILES string of the molecule is COC(=O)CNC(=O)c1cccc(NC(=O)[C@H](C)Oc2ccccc2)c1. The van der Waals surface area contributed by atoms with Crippen molar-refractivity contribution in [1.29, 1.82) is 0 Å². The number of hydrogen-bond donors (Lipinski definition) is 2. The minimum absolute atomic E-state index is 0.228. The van der Waals surface area contributed by atoms with Crippen molar-refractivity contribution in [3.05, 3.63) is 60.2 Å². The average molecular weight is 356 g/mol. The molecule has 2 aromatic rings. The smallest absolute Gasteiger partial charge is 0.325 e. The fourth-order valence-corrected chi connectivity index (χ4v) is 2.07. The highest BCUT2D eigenvalue weighted by molar-refractivity contribution is 5.99. The molecule has 0 heterocycles.